The molecule has 0 bridgehead atoms. The van der Waals surface area contributed by atoms with Gasteiger partial charge in [-0.05, 0) is 0 Å². The largest absolute Gasteiger partial charge is 0.440 e. The smallest absolute Gasteiger partial charge is 0.405 e. The predicted molar refractivity (Wildman–Crippen MR) is 40.4 cm³/mol. The lowest BCUT2D eigenvalue weighted by Crippen LogP contribution is -2.18. The molecule has 9 nitrogen and oxygen atoms in total. The van der Waals surface area contributed by atoms with Gasteiger partial charge in [0, 0.05) is 0 Å². The van der Waals surface area contributed by atoms with Gasteiger partial charge in [0.05, 0.1) is 0 Å². The Balaban J connectivity index is 2.59. The third kappa shape index (κ3) is 2.42. The number of primary amides is 1. The second kappa shape index (κ2) is 4.18. The van der Waals surface area contributed by atoms with E-state index in [1.54, 1.807) is 0 Å². The number of hydrogen-bond acceptors (Lipinski definition) is 7. The van der Waals surface area contributed by atoms with Crippen LogP contribution in [-0.4, -0.2) is 27.3 Å². The molecule has 14 heavy (non-hydrogen) atoms. The number of hydrogen-bond donors (Lipinski definition) is 4. The fourth-order valence-corrected chi connectivity index (χ4v) is 0.594. The van der Waals surface area contributed by atoms with Gasteiger partial charge in [0.2, 0.25) is 5.84 Å². The molecule has 5 N–H and O–H groups in total. The van der Waals surface area contributed by atoms with E-state index in [1.165, 1.54) is 5.48 Å². The molecule has 9 heteroatoms. The molecule has 1 heterocycles. The van der Waals surface area contributed by atoms with Crippen molar-refractivity contribution in [3.05, 3.63) is 11.8 Å². The SMILES string of the molecule is N=C(NO)c1nnc(COC(N)=O)o1. The molecule has 0 unspecified atom stereocenters. The molecule has 0 aromatic carbocycles. The van der Waals surface area contributed by atoms with Gasteiger partial charge in [0.15, 0.2) is 6.61 Å². The Labute approximate surface area is 77.3 Å². The van der Waals surface area contributed by atoms with Crippen molar-refractivity contribution in [3.8, 4) is 0 Å². The van der Waals surface area contributed by atoms with Crippen LogP contribution in [0, 0.1) is 5.41 Å². The number of ether oxygens (including phenoxy) is 1. The number of hydroxylamine groups is 1. The normalized spacial score (nSPS) is 9.50. The summed E-state index contributed by atoms with van der Waals surface area (Å²) in [4.78, 5) is 10.2. The predicted octanol–water partition coefficient (Wildman–Crippen LogP) is -1.03. The van der Waals surface area contributed by atoms with Crippen LogP contribution in [-0.2, 0) is 11.3 Å². The number of carbonyl (C=O) groups excluding carboxylic acids is 1. The van der Waals surface area contributed by atoms with Gasteiger partial charge in [0.25, 0.3) is 11.8 Å². The van der Waals surface area contributed by atoms with Crippen molar-refractivity contribution in [2.24, 2.45) is 5.73 Å². The van der Waals surface area contributed by atoms with Crippen molar-refractivity contribution < 1.29 is 19.2 Å². The maximum Gasteiger partial charge on any atom is 0.405 e. The zero-order valence-corrected chi connectivity index (χ0v) is 6.85. The highest BCUT2D eigenvalue weighted by Gasteiger charge is 2.11. The topological polar surface area (TPSA) is 147 Å². The molecule has 76 valence electrons. The summed E-state index contributed by atoms with van der Waals surface area (Å²) in [6, 6.07) is 0. The van der Waals surface area contributed by atoms with Gasteiger partial charge < -0.3 is 14.9 Å². The van der Waals surface area contributed by atoms with E-state index in [0.29, 0.717) is 0 Å². The minimum atomic E-state index is -0.972. The van der Waals surface area contributed by atoms with Crippen molar-refractivity contribution in [3.63, 3.8) is 0 Å². The van der Waals surface area contributed by atoms with Gasteiger partial charge >= 0.3 is 6.09 Å². The summed E-state index contributed by atoms with van der Waals surface area (Å²) in [6.45, 7) is -0.277. The molecule has 0 saturated heterocycles. The van der Waals surface area contributed by atoms with Crippen LogP contribution in [0.2, 0.25) is 0 Å². The summed E-state index contributed by atoms with van der Waals surface area (Å²) in [5, 5.41) is 22.1. The molecule has 0 aliphatic rings. The van der Waals surface area contributed by atoms with E-state index in [9.17, 15) is 4.79 Å². The molecule has 0 radical (unpaired) electrons. The highest BCUT2D eigenvalue weighted by Crippen LogP contribution is 2.00. The minimum absolute atomic E-state index is 0.0289. The number of aromatic nitrogens is 2. The fourth-order valence-electron chi connectivity index (χ4n) is 0.594. The van der Waals surface area contributed by atoms with Crippen LogP contribution in [0.4, 0.5) is 4.79 Å². The molecule has 0 atom stereocenters. The van der Waals surface area contributed by atoms with Crippen LogP contribution in [0.5, 0.6) is 0 Å². The van der Waals surface area contributed by atoms with Crippen molar-refractivity contribution in [2.45, 2.75) is 6.61 Å². The quantitative estimate of drug-likeness (QED) is 0.277. The van der Waals surface area contributed by atoms with E-state index in [1.807, 2.05) is 0 Å². The molecule has 0 aliphatic carbocycles. The Morgan fingerprint density at radius 2 is 2.43 bits per heavy atom. The first-order valence-corrected chi connectivity index (χ1v) is 3.37. The maximum absolute atomic E-state index is 10.2. The Morgan fingerprint density at radius 1 is 1.71 bits per heavy atom. The number of nitrogens with zero attached hydrogens (tertiary/aromatic N) is 2. The van der Waals surface area contributed by atoms with Gasteiger partial charge in [-0.25, -0.2) is 10.3 Å². The number of nitrogens with two attached hydrogens (primary N) is 1. The monoisotopic (exact) mass is 201 g/mol. The molecular weight excluding hydrogens is 194 g/mol. The van der Waals surface area contributed by atoms with Crippen LogP contribution in [0.15, 0.2) is 4.42 Å². The summed E-state index contributed by atoms with van der Waals surface area (Å²) in [5.41, 5.74) is 6.20. The zero-order chi connectivity index (χ0) is 10.6. The molecule has 1 rings (SSSR count). The zero-order valence-electron chi connectivity index (χ0n) is 6.85. The van der Waals surface area contributed by atoms with Crippen LogP contribution < -0.4 is 11.2 Å². The van der Waals surface area contributed by atoms with Crippen LogP contribution in [0.1, 0.15) is 11.8 Å². The summed E-state index contributed by atoms with van der Waals surface area (Å²) in [7, 11) is 0. The van der Waals surface area contributed by atoms with Crippen molar-refractivity contribution in [2.75, 3.05) is 0 Å². The highest BCUT2D eigenvalue weighted by molar-refractivity contribution is 5.90. The first kappa shape index (κ1) is 9.92. The summed E-state index contributed by atoms with van der Waals surface area (Å²) in [6.07, 6.45) is -0.972. The Bertz CT molecular complexity index is 348. The lowest BCUT2D eigenvalue weighted by molar-refractivity contribution is 0.138. The molecule has 1 aromatic rings. The summed E-state index contributed by atoms with van der Waals surface area (Å²) in [5.74, 6) is -0.711. The summed E-state index contributed by atoms with van der Waals surface area (Å²) < 4.78 is 9.13. The average molecular weight is 201 g/mol. The van der Waals surface area contributed by atoms with E-state index in [-0.39, 0.29) is 18.4 Å². The van der Waals surface area contributed by atoms with Gasteiger partial charge in [-0.3, -0.25) is 10.6 Å². The Kier molecular flexibility index (Phi) is 2.97. The number of amides is 1. The third-order valence-corrected chi connectivity index (χ3v) is 1.13. The van der Waals surface area contributed by atoms with E-state index < -0.39 is 11.9 Å². The third-order valence-electron chi connectivity index (χ3n) is 1.13. The second-order valence-corrected chi connectivity index (χ2v) is 2.10. The van der Waals surface area contributed by atoms with Gasteiger partial charge in [-0.15, -0.1) is 10.2 Å². The lowest BCUT2D eigenvalue weighted by Gasteiger charge is -1.95. The van der Waals surface area contributed by atoms with Crippen LogP contribution in [0.25, 0.3) is 0 Å². The first-order chi connectivity index (χ1) is 6.63. The Morgan fingerprint density at radius 3 is 3.00 bits per heavy atom. The molecule has 1 aromatic heterocycles. The van der Waals surface area contributed by atoms with Crippen molar-refractivity contribution in [1.29, 1.82) is 5.41 Å². The van der Waals surface area contributed by atoms with Crippen LogP contribution >= 0.6 is 0 Å². The van der Waals surface area contributed by atoms with Gasteiger partial charge in [-0.2, -0.15) is 0 Å². The van der Waals surface area contributed by atoms with Crippen molar-refractivity contribution >= 4 is 11.9 Å². The lowest BCUT2D eigenvalue weighted by atomic mass is 10.6. The van der Waals surface area contributed by atoms with Crippen molar-refractivity contribution in [1.82, 2.24) is 15.7 Å². The number of nitrogens with one attached hydrogen (secondary N) is 2. The fraction of sp³-hybridized carbons (Fsp3) is 0.200. The van der Waals surface area contributed by atoms with E-state index in [4.69, 9.17) is 15.0 Å². The van der Waals surface area contributed by atoms with Crippen LogP contribution in [0.3, 0.4) is 0 Å². The minimum Gasteiger partial charge on any atom is -0.440 e. The molecule has 0 aliphatic heterocycles. The summed E-state index contributed by atoms with van der Waals surface area (Å²) >= 11 is 0. The van der Waals surface area contributed by atoms with E-state index in [2.05, 4.69) is 20.7 Å². The van der Waals surface area contributed by atoms with Gasteiger partial charge in [0.1, 0.15) is 0 Å². The van der Waals surface area contributed by atoms with E-state index in [0.717, 1.165) is 0 Å². The Hall–Kier alpha value is -2.16. The average Bonchev–Trinajstić information content (AvgIpc) is 2.62. The number of rotatable bonds is 3. The number of carbonyl (C=O) groups is 1. The first-order valence-electron chi connectivity index (χ1n) is 3.37. The molecular formula is C5H7N5O4. The number of amidine groups is 1. The van der Waals surface area contributed by atoms with E-state index >= 15 is 0 Å². The molecule has 0 spiro atoms. The molecule has 0 fully saturated rings. The molecule has 1 amide bonds. The van der Waals surface area contributed by atoms with Gasteiger partial charge in [-0.1, -0.05) is 0 Å². The maximum atomic E-state index is 10.2. The molecule has 0 saturated carbocycles. The second-order valence-electron chi connectivity index (χ2n) is 2.10. The standard InChI is InChI=1S/C5H7N5O4/c6-3(10-12)4-9-8-2(14-4)1-13-5(7)11/h12H,1H2,(H2,6,10)(H2,7,11). The highest BCUT2D eigenvalue weighted by atomic mass is 16.6.